The van der Waals surface area contributed by atoms with E-state index in [0.29, 0.717) is 5.92 Å². The average molecular weight is 222 g/mol. The number of allylic oxidation sites excluding steroid dienone is 2. The van der Waals surface area contributed by atoms with Crippen molar-refractivity contribution in [3.63, 3.8) is 0 Å². The van der Waals surface area contributed by atoms with Gasteiger partial charge in [0.25, 0.3) is 0 Å². The molecule has 0 amide bonds. The molecule has 0 bridgehead atoms. The monoisotopic (exact) mass is 222 g/mol. The van der Waals surface area contributed by atoms with Gasteiger partial charge >= 0.3 is 0 Å². The molecule has 0 fully saturated rings. The fourth-order valence-corrected chi connectivity index (χ4v) is 3.15. The van der Waals surface area contributed by atoms with Crippen molar-refractivity contribution < 1.29 is 0 Å². The maximum Gasteiger partial charge on any atom is 0.0722 e. The van der Waals surface area contributed by atoms with Crippen molar-refractivity contribution >= 4 is 16.6 Å². The molecular weight excluding hydrogens is 208 g/mol. The van der Waals surface area contributed by atoms with Crippen molar-refractivity contribution in [1.82, 2.24) is 4.98 Å². The Morgan fingerprint density at radius 1 is 1.24 bits per heavy atom. The summed E-state index contributed by atoms with van der Waals surface area (Å²) in [5.74, 6) is 1.35. The number of anilines is 1. The lowest BCUT2D eigenvalue weighted by molar-refractivity contribution is 0.523. The predicted molar refractivity (Wildman–Crippen MR) is 70.2 cm³/mol. The summed E-state index contributed by atoms with van der Waals surface area (Å²) in [6, 6.07) is 8.56. The number of hydrogen-bond acceptors (Lipinski definition) is 2. The summed E-state index contributed by atoms with van der Waals surface area (Å²) in [4.78, 5) is 4.42. The molecule has 2 nitrogen and oxygen atoms in total. The highest BCUT2D eigenvalue weighted by Gasteiger charge is 2.30. The number of aromatic nitrogens is 1. The van der Waals surface area contributed by atoms with Gasteiger partial charge in [-0.3, -0.25) is 4.98 Å². The Bertz CT molecular complexity index is 615. The van der Waals surface area contributed by atoms with Crippen LogP contribution in [0.2, 0.25) is 0 Å². The minimum absolute atomic E-state index is 0.607. The third kappa shape index (κ3) is 1.24. The van der Waals surface area contributed by atoms with Crippen molar-refractivity contribution in [3.05, 3.63) is 48.2 Å². The number of hydrogen-bond donors (Lipinski definition) is 1. The second kappa shape index (κ2) is 3.33. The van der Waals surface area contributed by atoms with Crippen molar-refractivity contribution in [2.45, 2.75) is 12.3 Å². The highest BCUT2D eigenvalue weighted by molar-refractivity contribution is 5.94. The zero-order valence-electron chi connectivity index (χ0n) is 9.56. The minimum Gasteiger partial charge on any atom is -0.384 e. The maximum absolute atomic E-state index is 4.42. The molecule has 0 unspecified atom stereocenters. The van der Waals surface area contributed by atoms with E-state index in [1.165, 1.54) is 23.1 Å². The van der Waals surface area contributed by atoms with Crippen LogP contribution in [0, 0.1) is 5.92 Å². The lowest BCUT2D eigenvalue weighted by atomic mass is 9.83. The van der Waals surface area contributed by atoms with Crippen molar-refractivity contribution in [3.8, 4) is 0 Å². The zero-order chi connectivity index (χ0) is 11.2. The van der Waals surface area contributed by atoms with E-state index in [9.17, 15) is 0 Å². The van der Waals surface area contributed by atoms with Gasteiger partial charge in [0, 0.05) is 29.7 Å². The Balaban J connectivity index is 1.99. The summed E-state index contributed by atoms with van der Waals surface area (Å²) in [7, 11) is 0. The number of pyridine rings is 1. The van der Waals surface area contributed by atoms with Gasteiger partial charge in [0.05, 0.1) is 5.52 Å². The maximum atomic E-state index is 4.42. The van der Waals surface area contributed by atoms with Crippen LogP contribution in [0.4, 0.5) is 5.69 Å². The summed E-state index contributed by atoms with van der Waals surface area (Å²) >= 11 is 0. The first kappa shape index (κ1) is 9.23. The third-order valence-electron chi connectivity index (χ3n) is 4.01. The zero-order valence-corrected chi connectivity index (χ0v) is 9.56. The van der Waals surface area contributed by atoms with Gasteiger partial charge in [0.1, 0.15) is 0 Å². The number of fused-ring (bicyclic) bond motifs is 5. The molecule has 0 radical (unpaired) electrons. The van der Waals surface area contributed by atoms with Crippen molar-refractivity contribution in [2.24, 2.45) is 5.92 Å². The molecule has 84 valence electrons. The summed E-state index contributed by atoms with van der Waals surface area (Å²) in [6.07, 6.45) is 7.75. The molecule has 1 aliphatic carbocycles. The largest absolute Gasteiger partial charge is 0.384 e. The van der Waals surface area contributed by atoms with E-state index in [1.54, 1.807) is 0 Å². The number of nitrogens with zero attached hydrogens (tertiary/aromatic N) is 1. The number of nitrogens with one attached hydrogen (secondary N) is 1. The first-order valence-corrected chi connectivity index (χ1v) is 6.21. The van der Waals surface area contributed by atoms with E-state index >= 15 is 0 Å². The molecule has 2 aromatic rings. The molecular formula is C15H14N2. The second-order valence-electron chi connectivity index (χ2n) is 4.93. The number of benzene rings is 1. The van der Waals surface area contributed by atoms with Crippen LogP contribution in [0.1, 0.15) is 17.9 Å². The van der Waals surface area contributed by atoms with Gasteiger partial charge in [-0.1, -0.05) is 18.2 Å². The van der Waals surface area contributed by atoms with Gasteiger partial charge in [-0.2, -0.15) is 0 Å². The van der Waals surface area contributed by atoms with Gasteiger partial charge in [0.2, 0.25) is 0 Å². The molecule has 4 rings (SSSR count). The molecule has 1 aromatic carbocycles. The summed E-state index contributed by atoms with van der Waals surface area (Å²) < 4.78 is 0. The van der Waals surface area contributed by atoms with Crippen LogP contribution in [0.15, 0.2) is 42.6 Å². The first-order valence-electron chi connectivity index (χ1n) is 6.21. The predicted octanol–water partition coefficient (Wildman–Crippen LogP) is 3.32. The SMILES string of the molecule is C1=C[C@@H]2c3ccc4ncccc4c3NC[C@@H]2C1. The Labute approximate surface area is 100 Å². The van der Waals surface area contributed by atoms with Gasteiger partial charge in [0.15, 0.2) is 0 Å². The molecule has 1 aliphatic heterocycles. The van der Waals surface area contributed by atoms with Crippen LogP contribution < -0.4 is 5.32 Å². The Morgan fingerprint density at radius 2 is 2.24 bits per heavy atom. The second-order valence-corrected chi connectivity index (χ2v) is 4.93. The van der Waals surface area contributed by atoms with E-state index < -0.39 is 0 Å². The summed E-state index contributed by atoms with van der Waals surface area (Å²) in [6.45, 7) is 1.08. The Kier molecular flexibility index (Phi) is 1.81. The Morgan fingerprint density at radius 3 is 3.24 bits per heavy atom. The molecule has 2 atom stereocenters. The summed E-state index contributed by atoms with van der Waals surface area (Å²) in [5, 5.41) is 4.85. The van der Waals surface area contributed by atoms with Crippen molar-refractivity contribution in [2.75, 3.05) is 11.9 Å². The van der Waals surface area contributed by atoms with Crippen LogP contribution in [0.5, 0.6) is 0 Å². The normalized spacial score (nSPS) is 25.4. The lowest BCUT2D eigenvalue weighted by Crippen LogP contribution is -2.24. The fourth-order valence-electron chi connectivity index (χ4n) is 3.15. The standard InChI is InChI=1S/C15H14N2/c1-3-10-9-17-15-12(11(10)4-1)6-7-14-13(15)5-2-8-16-14/h1-2,4-8,10-11,17H,3,9H2/t10-,11-/m0/s1. The molecule has 2 aliphatic rings. The van der Waals surface area contributed by atoms with Crippen molar-refractivity contribution in [1.29, 1.82) is 0 Å². The van der Waals surface area contributed by atoms with E-state index in [-0.39, 0.29) is 0 Å². The van der Waals surface area contributed by atoms with Crippen LogP contribution in [-0.4, -0.2) is 11.5 Å². The highest BCUT2D eigenvalue weighted by Crippen LogP contribution is 2.43. The first-order chi connectivity index (χ1) is 8.43. The molecule has 17 heavy (non-hydrogen) atoms. The quantitative estimate of drug-likeness (QED) is 0.692. The molecule has 0 saturated carbocycles. The van der Waals surface area contributed by atoms with Gasteiger partial charge in [-0.05, 0) is 36.1 Å². The number of rotatable bonds is 0. The molecule has 2 heteroatoms. The smallest absolute Gasteiger partial charge is 0.0722 e. The molecule has 0 saturated heterocycles. The lowest BCUT2D eigenvalue weighted by Gasteiger charge is -2.30. The average Bonchev–Trinajstić information content (AvgIpc) is 2.86. The van der Waals surface area contributed by atoms with E-state index in [1.807, 2.05) is 12.3 Å². The van der Waals surface area contributed by atoms with E-state index in [2.05, 4.69) is 40.7 Å². The van der Waals surface area contributed by atoms with Crippen LogP contribution in [0.3, 0.4) is 0 Å². The summed E-state index contributed by atoms with van der Waals surface area (Å²) in [5.41, 5.74) is 3.82. The molecule has 2 heterocycles. The minimum atomic E-state index is 0.607. The van der Waals surface area contributed by atoms with Crippen LogP contribution >= 0.6 is 0 Å². The van der Waals surface area contributed by atoms with Crippen LogP contribution in [-0.2, 0) is 0 Å². The van der Waals surface area contributed by atoms with Crippen LogP contribution in [0.25, 0.3) is 10.9 Å². The highest BCUT2D eigenvalue weighted by atomic mass is 14.9. The fraction of sp³-hybridized carbons (Fsp3) is 0.267. The van der Waals surface area contributed by atoms with E-state index in [4.69, 9.17) is 0 Å². The topological polar surface area (TPSA) is 24.9 Å². The van der Waals surface area contributed by atoms with Gasteiger partial charge in [-0.15, -0.1) is 0 Å². The van der Waals surface area contributed by atoms with Gasteiger partial charge in [-0.25, -0.2) is 0 Å². The molecule has 1 aromatic heterocycles. The Hall–Kier alpha value is -1.83. The molecule has 1 N–H and O–H groups in total. The molecule has 0 spiro atoms. The van der Waals surface area contributed by atoms with E-state index in [0.717, 1.165) is 18.0 Å². The third-order valence-corrected chi connectivity index (χ3v) is 4.01. The van der Waals surface area contributed by atoms with Gasteiger partial charge < -0.3 is 5.32 Å².